The van der Waals surface area contributed by atoms with Gasteiger partial charge in [0.15, 0.2) is 0 Å². The fraction of sp³-hybridized carbons (Fsp3) is 0.375. The molecule has 0 bridgehead atoms. The molecule has 0 aromatic heterocycles. The van der Waals surface area contributed by atoms with Gasteiger partial charge in [-0.25, -0.2) is 10.0 Å². The lowest BCUT2D eigenvalue weighted by atomic mass is 10.5. The number of hydrogen-bond acceptors (Lipinski definition) is 3. The van der Waals surface area contributed by atoms with E-state index in [4.69, 9.17) is 23.2 Å². The van der Waals surface area contributed by atoms with Gasteiger partial charge in [-0.05, 0) is 12.2 Å². The van der Waals surface area contributed by atoms with Crippen LogP contribution < -0.4 is 0 Å². The molecule has 0 spiro atoms. The molecule has 0 amide bonds. The summed E-state index contributed by atoms with van der Waals surface area (Å²) >= 11 is 11.4. The number of hydrazine groups is 1. The van der Waals surface area contributed by atoms with Crippen molar-refractivity contribution in [3.05, 3.63) is 24.2 Å². The van der Waals surface area contributed by atoms with E-state index in [2.05, 4.69) is 10.0 Å². The smallest absolute Gasteiger partial charge is 0.146 e. The highest BCUT2D eigenvalue weighted by Crippen LogP contribution is 2.22. The Bertz CT molecular complexity index is 296. The lowest BCUT2D eigenvalue weighted by molar-refractivity contribution is 0.0978. The molecule has 0 N–H and O–H groups in total. The normalized spacial score (nSPS) is 21.5. The van der Waals surface area contributed by atoms with Crippen molar-refractivity contribution in [2.75, 3.05) is 19.0 Å². The Morgan fingerprint density at radius 3 is 3.15 bits per heavy atom. The number of rotatable bonds is 2. The second-order valence-corrected chi connectivity index (χ2v) is 3.52. The van der Waals surface area contributed by atoms with Crippen molar-refractivity contribution < 1.29 is 0 Å². The molecule has 0 aliphatic carbocycles. The van der Waals surface area contributed by atoms with E-state index < -0.39 is 0 Å². The number of halogens is 2. The number of hydrogen-bond donors (Lipinski definition) is 0. The largest absolute Gasteiger partial charge is 0.264 e. The lowest BCUT2D eigenvalue weighted by Gasteiger charge is -2.28. The predicted molar refractivity (Wildman–Crippen MR) is 54.6 cm³/mol. The third kappa shape index (κ3) is 1.73. The Hall–Kier alpha value is -0.510. The van der Waals surface area contributed by atoms with Crippen LogP contribution in [0.1, 0.15) is 0 Å². The summed E-state index contributed by atoms with van der Waals surface area (Å²) in [6.45, 7) is 1.67. The van der Waals surface area contributed by atoms with E-state index >= 15 is 0 Å². The average Bonchev–Trinajstić information content (AvgIpc) is 2.49. The third-order valence-corrected chi connectivity index (χ3v) is 2.32. The maximum atomic E-state index is 5.76. The first-order valence-corrected chi connectivity index (χ1v) is 4.95. The maximum absolute atomic E-state index is 5.76. The quantitative estimate of drug-likeness (QED) is 0.657. The zero-order valence-corrected chi connectivity index (χ0v) is 8.46. The molecule has 0 atom stereocenters. The number of nitrogens with zero attached hydrogens (tertiary/aromatic N) is 3. The Balaban J connectivity index is 2.12. The predicted octanol–water partition coefficient (Wildman–Crippen LogP) is 1.76. The van der Waals surface area contributed by atoms with Gasteiger partial charge in [0, 0.05) is 25.2 Å². The SMILES string of the molecule is ClCCN1CC=C2N=C(Cl)C=CN21. The Morgan fingerprint density at radius 1 is 1.54 bits per heavy atom. The Kier molecular flexibility index (Phi) is 2.58. The first-order chi connectivity index (χ1) is 6.31. The highest BCUT2D eigenvalue weighted by atomic mass is 35.5. The second kappa shape index (κ2) is 3.70. The minimum atomic E-state index is 0.523. The molecule has 0 fully saturated rings. The van der Waals surface area contributed by atoms with E-state index in [0.717, 1.165) is 18.9 Å². The second-order valence-electron chi connectivity index (χ2n) is 2.76. The molecular weight excluding hydrogens is 209 g/mol. The Labute approximate surface area is 86.9 Å². The summed E-state index contributed by atoms with van der Waals surface area (Å²) < 4.78 is 0. The molecule has 0 saturated heterocycles. The van der Waals surface area contributed by atoms with Crippen LogP contribution in [-0.2, 0) is 0 Å². The molecule has 2 heterocycles. The summed E-state index contributed by atoms with van der Waals surface area (Å²) in [5.41, 5.74) is 0. The number of allylic oxidation sites excluding steroid dienone is 1. The zero-order chi connectivity index (χ0) is 9.26. The molecule has 70 valence electrons. The average molecular weight is 218 g/mol. The van der Waals surface area contributed by atoms with E-state index in [0.29, 0.717) is 11.1 Å². The molecule has 2 aliphatic heterocycles. The fourth-order valence-electron chi connectivity index (χ4n) is 1.36. The number of aliphatic imine (C=N–C) groups is 1. The Morgan fingerprint density at radius 2 is 2.38 bits per heavy atom. The van der Waals surface area contributed by atoms with Gasteiger partial charge in [0.1, 0.15) is 11.0 Å². The molecule has 3 nitrogen and oxygen atoms in total. The van der Waals surface area contributed by atoms with E-state index in [9.17, 15) is 0 Å². The summed E-state index contributed by atoms with van der Waals surface area (Å²) in [6.07, 6.45) is 5.70. The molecule has 13 heavy (non-hydrogen) atoms. The van der Waals surface area contributed by atoms with E-state index in [-0.39, 0.29) is 0 Å². The first-order valence-electron chi connectivity index (χ1n) is 4.04. The fourth-order valence-corrected chi connectivity index (χ4v) is 1.69. The summed E-state index contributed by atoms with van der Waals surface area (Å²) in [4.78, 5) is 4.17. The molecule has 0 aromatic carbocycles. The van der Waals surface area contributed by atoms with Crippen molar-refractivity contribution in [3.63, 3.8) is 0 Å². The summed E-state index contributed by atoms with van der Waals surface area (Å²) in [5.74, 6) is 1.50. The molecule has 5 heteroatoms. The third-order valence-electron chi connectivity index (χ3n) is 1.94. The van der Waals surface area contributed by atoms with Crippen LogP contribution in [0, 0.1) is 0 Å². The van der Waals surface area contributed by atoms with Crippen LogP contribution in [0.5, 0.6) is 0 Å². The van der Waals surface area contributed by atoms with Gasteiger partial charge < -0.3 is 0 Å². The van der Waals surface area contributed by atoms with Crippen LogP contribution in [0.25, 0.3) is 0 Å². The van der Waals surface area contributed by atoms with Crippen LogP contribution in [0.4, 0.5) is 0 Å². The van der Waals surface area contributed by atoms with Crippen molar-refractivity contribution in [2.24, 2.45) is 4.99 Å². The lowest BCUT2D eigenvalue weighted by Crippen LogP contribution is -2.35. The van der Waals surface area contributed by atoms with Crippen molar-refractivity contribution in [1.29, 1.82) is 0 Å². The molecule has 0 radical (unpaired) electrons. The van der Waals surface area contributed by atoms with Crippen LogP contribution in [-0.4, -0.2) is 34.2 Å². The molecule has 0 aromatic rings. The van der Waals surface area contributed by atoms with E-state index in [1.165, 1.54) is 0 Å². The molecule has 2 aliphatic rings. The molecule has 0 saturated carbocycles. The standard InChI is InChI=1S/C8H9Cl2N3/c9-3-6-12-4-2-8-11-7(10)1-5-13(8)12/h1-2,5H,3-4,6H2. The van der Waals surface area contributed by atoms with Crippen LogP contribution in [0.3, 0.4) is 0 Å². The number of alkyl halides is 1. The van der Waals surface area contributed by atoms with Crippen LogP contribution in [0.2, 0.25) is 0 Å². The van der Waals surface area contributed by atoms with Crippen molar-refractivity contribution >= 4 is 28.4 Å². The summed E-state index contributed by atoms with van der Waals surface area (Å²) in [7, 11) is 0. The van der Waals surface area contributed by atoms with E-state index in [1.54, 1.807) is 6.08 Å². The van der Waals surface area contributed by atoms with Gasteiger partial charge in [0.25, 0.3) is 0 Å². The summed E-state index contributed by atoms with van der Waals surface area (Å²) in [6, 6.07) is 0. The van der Waals surface area contributed by atoms with Gasteiger partial charge in [-0.3, -0.25) is 5.01 Å². The van der Waals surface area contributed by atoms with Gasteiger partial charge in [-0.15, -0.1) is 11.6 Å². The van der Waals surface area contributed by atoms with Gasteiger partial charge in [0.05, 0.1) is 0 Å². The van der Waals surface area contributed by atoms with Crippen molar-refractivity contribution in [2.45, 2.75) is 0 Å². The minimum absolute atomic E-state index is 0.523. The van der Waals surface area contributed by atoms with Crippen molar-refractivity contribution in [1.82, 2.24) is 10.0 Å². The molecule has 2 rings (SSSR count). The minimum Gasteiger partial charge on any atom is -0.264 e. The monoisotopic (exact) mass is 217 g/mol. The van der Waals surface area contributed by atoms with Crippen LogP contribution in [0.15, 0.2) is 29.2 Å². The van der Waals surface area contributed by atoms with Gasteiger partial charge in [0.2, 0.25) is 0 Å². The first kappa shape index (κ1) is 9.06. The highest BCUT2D eigenvalue weighted by Gasteiger charge is 2.23. The number of fused-ring (bicyclic) bond motifs is 1. The van der Waals surface area contributed by atoms with Gasteiger partial charge >= 0.3 is 0 Å². The molecular formula is C8H9Cl2N3. The van der Waals surface area contributed by atoms with Gasteiger partial charge in [-0.1, -0.05) is 11.6 Å². The zero-order valence-electron chi connectivity index (χ0n) is 6.95. The van der Waals surface area contributed by atoms with Crippen LogP contribution >= 0.6 is 23.2 Å². The van der Waals surface area contributed by atoms with Crippen molar-refractivity contribution in [3.8, 4) is 0 Å². The summed E-state index contributed by atoms with van der Waals surface area (Å²) in [5, 5.41) is 4.59. The van der Waals surface area contributed by atoms with E-state index in [1.807, 2.05) is 17.3 Å². The topological polar surface area (TPSA) is 18.8 Å². The highest BCUT2D eigenvalue weighted by molar-refractivity contribution is 6.68. The maximum Gasteiger partial charge on any atom is 0.146 e. The van der Waals surface area contributed by atoms with Gasteiger partial charge in [-0.2, -0.15) is 0 Å². The molecule has 0 unspecified atom stereocenters.